The fourth-order valence-electron chi connectivity index (χ4n) is 1.92. The van der Waals surface area contributed by atoms with Gasteiger partial charge < -0.3 is 10.1 Å². The number of nitrogens with one attached hydrogen (secondary N) is 1. The summed E-state index contributed by atoms with van der Waals surface area (Å²) in [4.78, 5) is 4.04. The van der Waals surface area contributed by atoms with E-state index in [-0.39, 0.29) is 0 Å². The third-order valence-corrected chi connectivity index (χ3v) is 3.47. The summed E-state index contributed by atoms with van der Waals surface area (Å²) in [6.07, 6.45) is 1.00. The first-order chi connectivity index (χ1) is 10.1. The van der Waals surface area contributed by atoms with Crippen molar-refractivity contribution in [3.8, 4) is 5.75 Å². The monoisotopic (exact) mass is 324 g/mol. The Hall–Kier alpha value is -1.45. The SMILES string of the molecule is CCCOc1ccc(CNc2c(C)cc(Cl)nc2Cl)cc1. The number of hydrogen-bond acceptors (Lipinski definition) is 3. The Morgan fingerprint density at radius 1 is 1.19 bits per heavy atom. The number of aromatic nitrogens is 1. The smallest absolute Gasteiger partial charge is 0.154 e. The van der Waals surface area contributed by atoms with Gasteiger partial charge in [-0.25, -0.2) is 4.98 Å². The lowest BCUT2D eigenvalue weighted by Gasteiger charge is -2.12. The Balaban J connectivity index is 2.00. The molecule has 0 amide bonds. The maximum atomic E-state index is 6.11. The molecule has 1 aromatic heterocycles. The minimum Gasteiger partial charge on any atom is -0.494 e. The highest BCUT2D eigenvalue weighted by molar-refractivity contribution is 6.34. The van der Waals surface area contributed by atoms with Crippen molar-refractivity contribution in [2.75, 3.05) is 11.9 Å². The van der Waals surface area contributed by atoms with E-state index in [4.69, 9.17) is 27.9 Å². The van der Waals surface area contributed by atoms with E-state index in [9.17, 15) is 0 Å². The molecule has 1 heterocycles. The summed E-state index contributed by atoms with van der Waals surface area (Å²) < 4.78 is 5.56. The molecular weight excluding hydrogens is 307 g/mol. The Morgan fingerprint density at radius 3 is 2.52 bits per heavy atom. The van der Waals surface area contributed by atoms with Crippen LogP contribution in [0.15, 0.2) is 30.3 Å². The summed E-state index contributed by atoms with van der Waals surface area (Å²) in [7, 11) is 0. The molecule has 1 aromatic carbocycles. The van der Waals surface area contributed by atoms with Crippen LogP contribution in [0.5, 0.6) is 5.75 Å². The second kappa shape index (κ2) is 7.53. The van der Waals surface area contributed by atoms with Crippen LogP contribution in [0.4, 0.5) is 5.69 Å². The first kappa shape index (κ1) is 15.9. The third-order valence-electron chi connectivity index (χ3n) is 3.01. The molecular formula is C16H18Cl2N2O. The summed E-state index contributed by atoms with van der Waals surface area (Å²) in [6.45, 7) is 5.44. The van der Waals surface area contributed by atoms with Gasteiger partial charge in [-0.2, -0.15) is 0 Å². The van der Waals surface area contributed by atoms with Crippen LogP contribution >= 0.6 is 23.2 Å². The lowest BCUT2D eigenvalue weighted by molar-refractivity contribution is 0.317. The minimum atomic E-state index is 0.392. The number of ether oxygens (including phenoxy) is 1. The Kier molecular flexibility index (Phi) is 5.71. The molecule has 0 aliphatic heterocycles. The molecule has 2 aromatic rings. The van der Waals surface area contributed by atoms with Crippen LogP contribution in [0, 0.1) is 6.92 Å². The van der Waals surface area contributed by atoms with Crippen molar-refractivity contribution in [3.05, 3.63) is 51.8 Å². The number of halogens is 2. The fourth-order valence-corrected chi connectivity index (χ4v) is 2.52. The number of nitrogens with zero attached hydrogens (tertiary/aromatic N) is 1. The molecule has 0 bridgehead atoms. The maximum absolute atomic E-state index is 6.11. The lowest BCUT2D eigenvalue weighted by Crippen LogP contribution is -2.03. The second-order valence-corrected chi connectivity index (χ2v) is 5.52. The topological polar surface area (TPSA) is 34.1 Å². The number of pyridine rings is 1. The zero-order chi connectivity index (χ0) is 15.2. The molecule has 0 atom stereocenters. The van der Waals surface area contributed by atoms with E-state index in [0.717, 1.165) is 35.6 Å². The van der Waals surface area contributed by atoms with E-state index in [0.29, 0.717) is 16.9 Å². The summed E-state index contributed by atoms with van der Waals surface area (Å²) in [6, 6.07) is 9.80. The molecule has 0 radical (unpaired) electrons. The summed E-state index contributed by atoms with van der Waals surface area (Å²) >= 11 is 12.0. The van der Waals surface area contributed by atoms with Crippen LogP contribution in [0.2, 0.25) is 10.3 Å². The average molecular weight is 325 g/mol. The first-order valence-electron chi connectivity index (χ1n) is 6.88. The number of benzene rings is 1. The molecule has 112 valence electrons. The van der Waals surface area contributed by atoms with E-state index in [1.54, 1.807) is 6.07 Å². The molecule has 1 N–H and O–H groups in total. The highest BCUT2D eigenvalue weighted by Gasteiger charge is 2.07. The van der Waals surface area contributed by atoms with Crippen molar-refractivity contribution in [2.45, 2.75) is 26.8 Å². The number of aryl methyl sites for hydroxylation is 1. The van der Waals surface area contributed by atoms with Gasteiger partial charge in [0.05, 0.1) is 12.3 Å². The van der Waals surface area contributed by atoms with Crippen molar-refractivity contribution in [1.29, 1.82) is 0 Å². The Labute approximate surface area is 135 Å². The van der Waals surface area contributed by atoms with Crippen LogP contribution < -0.4 is 10.1 Å². The minimum absolute atomic E-state index is 0.392. The van der Waals surface area contributed by atoms with E-state index in [2.05, 4.69) is 17.2 Å². The molecule has 0 saturated carbocycles. The second-order valence-electron chi connectivity index (χ2n) is 4.77. The molecule has 0 unspecified atom stereocenters. The molecule has 0 saturated heterocycles. The van der Waals surface area contributed by atoms with Crippen molar-refractivity contribution >= 4 is 28.9 Å². The van der Waals surface area contributed by atoms with Crippen molar-refractivity contribution in [3.63, 3.8) is 0 Å². The van der Waals surface area contributed by atoms with Crippen LogP contribution in [-0.4, -0.2) is 11.6 Å². The molecule has 3 nitrogen and oxygen atoms in total. The van der Waals surface area contributed by atoms with Gasteiger partial charge >= 0.3 is 0 Å². The number of rotatable bonds is 6. The molecule has 0 spiro atoms. The standard InChI is InChI=1S/C16H18Cl2N2O/c1-3-8-21-13-6-4-12(5-7-13)10-19-15-11(2)9-14(17)20-16(15)18/h4-7,9,19H,3,8,10H2,1-2H3. The summed E-state index contributed by atoms with van der Waals surface area (Å²) in [5.41, 5.74) is 2.93. The van der Waals surface area contributed by atoms with Gasteiger partial charge in [0.15, 0.2) is 5.15 Å². The van der Waals surface area contributed by atoms with Gasteiger partial charge in [0.1, 0.15) is 10.9 Å². The molecule has 21 heavy (non-hydrogen) atoms. The zero-order valence-corrected chi connectivity index (χ0v) is 13.6. The number of anilines is 1. The van der Waals surface area contributed by atoms with Gasteiger partial charge in [0, 0.05) is 6.54 Å². The van der Waals surface area contributed by atoms with Crippen LogP contribution in [0.25, 0.3) is 0 Å². The molecule has 0 aliphatic rings. The van der Waals surface area contributed by atoms with Crippen LogP contribution in [-0.2, 0) is 6.54 Å². The van der Waals surface area contributed by atoms with Gasteiger partial charge in [0.25, 0.3) is 0 Å². The molecule has 5 heteroatoms. The van der Waals surface area contributed by atoms with E-state index in [1.165, 1.54) is 0 Å². The van der Waals surface area contributed by atoms with Crippen LogP contribution in [0.3, 0.4) is 0 Å². The predicted octanol–water partition coefficient (Wildman–Crippen LogP) is 5.10. The lowest BCUT2D eigenvalue weighted by atomic mass is 10.2. The highest BCUT2D eigenvalue weighted by Crippen LogP contribution is 2.27. The predicted molar refractivity (Wildman–Crippen MR) is 88.5 cm³/mol. The van der Waals surface area contributed by atoms with Crippen molar-refractivity contribution in [1.82, 2.24) is 4.98 Å². The summed E-state index contributed by atoms with van der Waals surface area (Å²) in [5.74, 6) is 0.892. The van der Waals surface area contributed by atoms with E-state index < -0.39 is 0 Å². The first-order valence-corrected chi connectivity index (χ1v) is 7.64. The highest BCUT2D eigenvalue weighted by atomic mass is 35.5. The maximum Gasteiger partial charge on any atom is 0.154 e. The van der Waals surface area contributed by atoms with E-state index >= 15 is 0 Å². The van der Waals surface area contributed by atoms with Gasteiger partial charge in [-0.15, -0.1) is 0 Å². The molecule has 0 aliphatic carbocycles. The quantitative estimate of drug-likeness (QED) is 0.751. The van der Waals surface area contributed by atoms with Crippen LogP contribution in [0.1, 0.15) is 24.5 Å². The third kappa shape index (κ3) is 4.51. The fraction of sp³-hybridized carbons (Fsp3) is 0.312. The largest absolute Gasteiger partial charge is 0.494 e. The number of hydrogen-bond donors (Lipinski definition) is 1. The zero-order valence-electron chi connectivity index (χ0n) is 12.1. The average Bonchev–Trinajstić information content (AvgIpc) is 2.45. The Morgan fingerprint density at radius 2 is 1.90 bits per heavy atom. The normalized spacial score (nSPS) is 10.5. The van der Waals surface area contributed by atoms with Crippen molar-refractivity contribution in [2.24, 2.45) is 0 Å². The Bertz CT molecular complexity index is 577. The summed E-state index contributed by atoms with van der Waals surface area (Å²) in [5, 5.41) is 4.09. The van der Waals surface area contributed by atoms with Gasteiger partial charge in [-0.3, -0.25) is 0 Å². The van der Waals surface area contributed by atoms with Gasteiger partial charge in [-0.05, 0) is 42.7 Å². The van der Waals surface area contributed by atoms with Crippen molar-refractivity contribution < 1.29 is 4.74 Å². The molecule has 2 rings (SSSR count). The van der Waals surface area contributed by atoms with E-state index in [1.807, 2.05) is 31.2 Å². The van der Waals surface area contributed by atoms with Gasteiger partial charge in [0.2, 0.25) is 0 Å². The van der Waals surface area contributed by atoms with Gasteiger partial charge in [-0.1, -0.05) is 42.3 Å². The molecule has 0 fully saturated rings.